The van der Waals surface area contributed by atoms with Crippen molar-refractivity contribution in [1.29, 1.82) is 0 Å². The minimum absolute atomic E-state index is 0.0167. The Balaban J connectivity index is 1.30. The summed E-state index contributed by atoms with van der Waals surface area (Å²) in [5.74, 6) is -2.53. The molecule has 6 rings (SSSR count). The Morgan fingerprint density at radius 3 is 2.43 bits per heavy atom. The van der Waals surface area contributed by atoms with Crippen LogP contribution in [0.4, 0.5) is 34.5 Å². The highest BCUT2D eigenvalue weighted by atomic mass is 35.5. The van der Waals surface area contributed by atoms with Crippen molar-refractivity contribution in [2.45, 2.75) is 39.9 Å². The number of aromatic nitrogens is 5. The Hall–Kier alpha value is -4.54. The van der Waals surface area contributed by atoms with E-state index in [0.717, 1.165) is 23.5 Å². The molecule has 0 radical (unpaired) electrons. The molecule has 0 aliphatic carbocycles. The summed E-state index contributed by atoms with van der Waals surface area (Å²) < 4.78 is 48.7. The van der Waals surface area contributed by atoms with Gasteiger partial charge in [0.05, 0.1) is 21.9 Å². The number of likely N-dealkylation sites (N-methyl/N-ethyl adjacent to an activating group) is 1. The van der Waals surface area contributed by atoms with E-state index in [1.165, 1.54) is 21.5 Å². The van der Waals surface area contributed by atoms with Crippen LogP contribution >= 0.6 is 22.9 Å². The van der Waals surface area contributed by atoms with Gasteiger partial charge in [-0.25, -0.2) is 22.9 Å². The highest BCUT2D eigenvalue weighted by Gasteiger charge is 2.29. The van der Waals surface area contributed by atoms with E-state index in [2.05, 4.69) is 30.7 Å². The lowest BCUT2D eigenvalue weighted by Gasteiger charge is -2.39. The van der Waals surface area contributed by atoms with Gasteiger partial charge < -0.3 is 24.3 Å². The van der Waals surface area contributed by atoms with Crippen molar-refractivity contribution >= 4 is 67.4 Å². The number of hydrogen-bond donors (Lipinski definition) is 2. The number of hydrogen-bond acceptors (Lipinski definition) is 9. The SMILES string of the molecule is CCn1cc(NC(=O)Nc2nnc(-c3cn(CC)c4c(F)c(N5CCN(C)C(C)C5)c(F)cc4c3=O)s2)c(=O)c2cc(F)c(Cl)nc21. The molecule has 5 aromatic rings. The maximum atomic E-state index is 16.0. The number of amides is 2. The van der Waals surface area contributed by atoms with Crippen molar-refractivity contribution in [2.75, 3.05) is 42.2 Å². The van der Waals surface area contributed by atoms with Crippen molar-refractivity contribution in [3.8, 4) is 10.6 Å². The first-order valence-corrected chi connectivity index (χ1v) is 15.9. The Morgan fingerprint density at radius 1 is 1.00 bits per heavy atom. The van der Waals surface area contributed by atoms with Gasteiger partial charge in [-0.2, -0.15) is 0 Å². The largest absolute Gasteiger partial charge is 0.364 e. The highest BCUT2D eigenvalue weighted by Crippen LogP contribution is 2.33. The summed E-state index contributed by atoms with van der Waals surface area (Å²) in [5.41, 5.74) is -1.47. The normalized spacial score (nSPS) is 15.5. The Morgan fingerprint density at radius 2 is 1.72 bits per heavy atom. The van der Waals surface area contributed by atoms with Gasteiger partial charge in [0, 0.05) is 51.2 Å². The molecule has 1 aliphatic rings. The molecule has 246 valence electrons. The molecule has 2 amide bonds. The third kappa shape index (κ3) is 5.80. The molecule has 12 nitrogen and oxygen atoms in total. The lowest BCUT2D eigenvalue weighted by Crippen LogP contribution is -2.50. The van der Waals surface area contributed by atoms with E-state index in [1.54, 1.807) is 18.7 Å². The standard InChI is InChI=1S/C30H29ClF3N9O3S/c1-5-41-12-17(24(44)15-9-18(32)23(21(34)22(15)41)43-8-7-40(4)14(3)11-43)28-38-39-30(47-28)37-29(46)35-20-13-42(6-2)27-16(25(20)45)10-19(33)26(31)36-27/h9-10,12-14H,5-8,11H2,1-4H3,(H2,35,37,39,46). The van der Waals surface area contributed by atoms with Crippen molar-refractivity contribution in [3.05, 3.63) is 67.6 Å². The molecule has 1 unspecified atom stereocenters. The number of carbonyl (C=O) groups is 1. The van der Waals surface area contributed by atoms with E-state index in [1.807, 2.05) is 14.0 Å². The van der Waals surface area contributed by atoms with Crippen LogP contribution in [0, 0.1) is 17.5 Å². The van der Waals surface area contributed by atoms with Crippen LogP contribution in [-0.4, -0.2) is 68.0 Å². The lowest BCUT2D eigenvalue weighted by molar-refractivity contribution is 0.232. The number of aryl methyl sites for hydroxylation is 2. The minimum Gasteiger partial charge on any atom is -0.364 e. The summed E-state index contributed by atoms with van der Waals surface area (Å²) >= 11 is 6.65. The summed E-state index contributed by atoms with van der Waals surface area (Å²) in [4.78, 5) is 47.2. The second-order valence-corrected chi connectivity index (χ2v) is 12.5. The van der Waals surface area contributed by atoms with Gasteiger partial charge in [0.25, 0.3) is 0 Å². The van der Waals surface area contributed by atoms with Crippen LogP contribution < -0.4 is 26.4 Å². The van der Waals surface area contributed by atoms with Crippen LogP contribution in [0.2, 0.25) is 5.15 Å². The zero-order chi connectivity index (χ0) is 33.7. The fourth-order valence-corrected chi connectivity index (χ4v) is 6.53. The summed E-state index contributed by atoms with van der Waals surface area (Å²) in [6, 6.07) is 1.25. The number of nitrogens with one attached hydrogen (secondary N) is 2. The number of pyridine rings is 3. The van der Waals surface area contributed by atoms with Crippen molar-refractivity contribution in [1.82, 2.24) is 29.2 Å². The number of urea groups is 1. The molecule has 1 aliphatic heterocycles. The smallest absolute Gasteiger partial charge is 0.325 e. The van der Waals surface area contributed by atoms with Crippen LogP contribution in [-0.2, 0) is 13.1 Å². The topological polar surface area (TPSA) is 130 Å². The summed E-state index contributed by atoms with van der Waals surface area (Å²) in [6.07, 6.45) is 2.79. The molecule has 1 aromatic carbocycles. The van der Waals surface area contributed by atoms with Gasteiger partial charge in [0.1, 0.15) is 22.8 Å². The average molecular weight is 688 g/mol. The van der Waals surface area contributed by atoms with E-state index in [4.69, 9.17) is 11.6 Å². The number of anilines is 3. The van der Waals surface area contributed by atoms with Crippen molar-refractivity contribution < 1.29 is 18.0 Å². The molecule has 2 N–H and O–H groups in total. The number of fused-ring (bicyclic) bond motifs is 2. The zero-order valence-corrected chi connectivity index (χ0v) is 27.3. The molecule has 17 heteroatoms. The predicted molar refractivity (Wildman–Crippen MR) is 176 cm³/mol. The molecule has 0 saturated carbocycles. The van der Waals surface area contributed by atoms with Crippen LogP contribution in [0.15, 0.2) is 34.1 Å². The van der Waals surface area contributed by atoms with Crippen molar-refractivity contribution in [3.63, 3.8) is 0 Å². The number of benzene rings is 1. The molecule has 0 bridgehead atoms. The minimum atomic E-state index is -0.881. The molecular formula is C30H29ClF3N9O3S. The van der Waals surface area contributed by atoms with E-state index >= 15 is 8.78 Å². The summed E-state index contributed by atoms with van der Waals surface area (Å²) in [6.45, 7) is 7.62. The third-order valence-electron chi connectivity index (χ3n) is 8.27. The van der Waals surface area contributed by atoms with Crippen LogP contribution in [0.5, 0.6) is 0 Å². The molecule has 1 fully saturated rings. The number of piperazine rings is 1. The third-order valence-corrected chi connectivity index (χ3v) is 9.41. The average Bonchev–Trinajstić information content (AvgIpc) is 3.49. The van der Waals surface area contributed by atoms with Gasteiger partial charge in [0.2, 0.25) is 10.6 Å². The Bertz CT molecular complexity index is 2190. The van der Waals surface area contributed by atoms with E-state index in [-0.39, 0.29) is 66.8 Å². The predicted octanol–water partition coefficient (Wildman–Crippen LogP) is 5.12. The first-order valence-electron chi connectivity index (χ1n) is 14.7. The van der Waals surface area contributed by atoms with Gasteiger partial charge >= 0.3 is 6.03 Å². The Labute approximate surface area is 274 Å². The van der Waals surface area contributed by atoms with Gasteiger partial charge in [-0.3, -0.25) is 14.9 Å². The van der Waals surface area contributed by atoms with E-state index < -0.39 is 34.3 Å². The van der Waals surface area contributed by atoms with Gasteiger partial charge in [0.15, 0.2) is 27.2 Å². The van der Waals surface area contributed by atoms with Crippen LogP contribution in [0.1, 0.15) is 20.8 Å². The molecule has 0 spiro atoms. The molecular weight excluding hydrogens is 659 g/mol. The lowest BCUT2D eigenvalue weighted by atomic mass is 10.1. The molecule has 4 aromatic heterocycles. The molecule has 1 saturated heterocycles. The summed E-state index contributed by atoms with van der Waals surface area (Å²) in [7, 11) is 1.96. The zero-order valence-electron chi connectivity index (χ0n) is 25.7. The van der Waals surface area contributed by atoms with Crippen LogP contribution in [0.3, 0.4) is 0 Å². The number of nitrogens with zero attached hydrogens (tertiary/aromatic N) is 7. The van der Waals surface area contributed by atoms with Crippen molar-refractivity contribution in [2.24, 2.45) is 0 Å². The first kappa shape index (κ1) is 32.4. The number of carbonyl (C=O) groups excluding carboxylic acids is 1. The second kappa shape index (κ2) is 12.6. The van der Waals surface area contributed by atoms with E-state index in [9.17, 15) is 18.8 Å². The summed E-state index contributed by atoms with van der Waals surface area (Å²) in [5, 5.41) is 12.3. The maximum absolute atomic E-state index is 16.0. The van der Waals surface area contributed by atoms with Gasteiger partial charge in [-0.15, -0.1) is 10.2 Å². The number of rotatable bonds is 6. The number of halogens is 4. The highest BCUT2D eigenvalue weighted by molar-refractivity contribution is 7.18. The van der Waals surface area contributed by atoms with Gasteiger partial charge in [-0.1, -0.05) is 22.9 Å². The van der Waals surface area contributed by atoms with Gasteiger partial charge in [-0.05, 0) is 40.0 Å². The maximum Gasteiger partial charge on any atom is 0.325 e. The molecule has 1 atom stereocenters. The Kier molecular flexibility index (Phi) is 8.67. The van der Waals surface area contributed by atoms with E-state index in [0.29, 0.717) is 26.2 Å². The monoisotopic (exact) mass is 687 g/mol. The fraction of sp³-hybridized carbons (Fsp3) is 0.333. The fourth-order valence-electron chi connectivity index (χ4n) is 5.65. The second-order valence-electron chi connectivity index (χ2n) is 11.1. The molecule has 47 heavy (non-hydrogen) atoms. The van der Waals surface area contributed by atoms with Crippen LogP contribution in [0.25, 0.3) is 32.5 Å². The first-order chi connectivity index (χ1) is 22.4. The molecule has 5 heterocycles. The quantitative estimate of drug-likeness (QED) is 0.235.